The maximum atomic E-state index is 13.6. The van der Waals surface area contributed by atoms with Gasteiger partial charge in [-0.05, 0) is 55.8 Å². The molecule has 0 aliphatic rings. The highest BCUT2D eigenvalue weighted by atomic mass is 32.1. The number of thiazole rings is 1. The van der Waals surface area contributed by atoms with Crippen LogP contribution in [0.1, 0.15) is 20.9 Å². The molecule has 0 radical (unpaired) electrons. The predicted octanol–water partition coefficient (Wildman–Crippen LogP) is 4.93. The topological polar surface area (TPSA) is 83.1 Å². The molecule has 0 bridgehead atoms. The molecule has 0 saturated carbocycles. The summed E-state index contributed by atoms with van der Waals surface area (Å²) in [6.07, 6.45) is 0. The average molecular weight is 402 g/mol. The minimum Gasteiger partial charge on any atom is -0.321 e. The molecule has 1 heterocycles. The number of nitrogens with zero attached hydrogens (tertiary/aromatic N) is 1. The van der Waals surface area contributed by atoms with Crippen molar-refractivity contribution in [3.63, 3.8) is 0 Å². The molecule has 9 heteroatoms. The maximum absolute atomic E-state index is 13.6. The summed E-state index contributed by atoms with van der Waals surface area (Å²) in [7, 11) is 0. The number of nitrogens with one attached hydrogen (secondary N) is 3. The van der Waals surface area contributed by atoms with Crippen LogP contribution in [0.2, 0.25) is 0 Å². The molecule has 3 rings (SSSR count). The summed E-state index contributed by atoms with van der Waals surface area (Å²) >= 11 is 0.987. The molecular formula is C19H16F2N4O2S. The summed E-state index contributed by atoms with van der Waals surface area (Å²) in [6, 6.07) is 9.10. The van der Waals surface area contributed by atoms with Crippen molar-refractivity contribution in [2.45, 2.75) is 13.8 Å². The van der Waals surface area contributed by atoms with Gasteiger partial charge >= 0.3 is 6.03 Å². The highest BCUT2D eigenvalue weighted by Gasteiger charge is 2.17. The van der Waals surface area contributed by atoms with Gasteiger partial charge in [0.1, 0.15) is 16.5 Å². The number of urea groups is 1. The Morgan fingerprint density at radius 1 is 0.929 bits per heavy atom. The lowest BCUT2D eigenvalue weighted by Crippen LogP contribution is -2.19. The number of benzene rings is 2. The Morgan fingerprint density at radius 2 is 1.61 bits per heavy atom. The number of carbonyl (C=O) groups is 2. The number of rotatable bonds is 4. The fourth-order valence-corrected chi connectivity index (χ4v) is 3.17. The van der Waals surface area contributed by atoms with Crippen LogP contribution in [0.5, 0.6) is 0 Å². The molecule has 3 N–H and O–H groups in total. The fourth-order valence-electron chi connectivity index (χ4n) is 2.31. The second kappa shape index (κ2) is 8.13. The van der Waals surface area contributed by atoms with Crippen LogP contribution >= 0.6 is 11.3 Å². The Hall–Kier alpha value is -3.33. The van der Waals surface area contributed by atoms with E-state index < -0.39 is 23.6 Å². The molecule has 28 heavy (non-hydrogen) atoms. The quantitative estimate of drug-likeness (QED) is 0.578. The molecule has 0 unspecified atom stereocenters. The SMILES string of the molecule is Cc1ccc(NC(=O)c2sc(NC(=O)Nc3ccc(F)cc3)nc2C)cc1F. The van der Waals surface area contributed by atoms with E-state index in [9.17, 15) is 18.4 Å². The molecule has 0 aliphatic carbocycles. The third-order valence-corrected chi connectivity index (χ3v) is 4.83. The minimum absolute atomic E-state index is 0.220. The van der Waals surface area contributed by atoms with E-state index in [-0.39, 0.29) is 10.0 Å². The number of aromatic nitrogens is 1. The molecule has 3 amide bonds. The van der Waals surface area contributed by atoms with Gasteiger partial charge in [0.25, 0.3) is 5.91 Å². The number of aryl methyl sites for hydroxylation is 2. The molecule has 0 atom stereocenters. The van der Waals surface area contributed by atoms with E-state index in [1.807, 2.05) is 0 Å². The predicted molar refractivity (Wildman–Crippen MR) is 105 cm³/mol. The van der Waals surface area contributed by atoms with Crippen molar-refractivity contribution >= 4 is 39.8 Å². The summed E-state index contributed by atoms with van der Waals surface area (Å²) in [5, 5.41) is 7.89. The normalized spacial score (nSPS) is 10.4. The van der Waals surface area contributed by atoms with E-state index in [0.717, 1.165) is 11.3 Å². The van der Waals surface area contributed by atoms with Crippen molar-refractivity contribution in [3.8, 4) is 0 Å². The zero-order chi connectivity index (χ0) is 20.3. The highest BCUT2D eigenvalue weighted by Crippen LogP contribution is 2.24. The zero-order valence-electron chi connectivity index (χ0n) is 15.0. The average Bonchev–Trinajstić information content (AvgIpc) is 3.00. The lowest BCUT2D eigenvalue weighted by Gasteiger charge is -2.05. The Balaban J connectivity index is 1.66. The van der Waals surface area contributed by atoms with Gasteiger partial charge in [0.05, 0.1) is 5.69 Å². The number of carbonyl (C=O) groups excluding carboxylic acids is 2. The molecule has 3 aromatic rings. The number of halogens is 2. The van der Waals surface area contributed by atoms with Crippen LogP contribution in [0.3, 0.4) is 0 Å². The van der Waals surface area contributed by atoms with E-state index in [1.165, 1.54) is 30.3 Å². The van der Waals surface area contributed by atoms with Crippen LogP contribution in [0, 0.1) is 25.5 Å². The molecule has 0 spiro atoms. The number of hydrogen-bond acceptors (Lipinski definition) is 4. The van der Waals surface area contributed by atoms with E-state index in [2.05, 4.69) is 20.9 Å². The monoisotopic (exact) mass is 402 g/mol. The Kier molecular flexibility index (Phi) is 5.65. The first-order valence-corrected chi connectivity index (χ1v) is 9.02. The first-order valence-electron chi connectivity index (χ1n) is 8.20. The van der Waals surface area contributed by atoms with Gasteiger partial charge in [-0.3, -0.25) is 10.1 Å². The molecule has 0 saturated heterocycles. The smallest absolute Gasteiger partial charge is 0.321 e. The molecule has 6 nitrogen and oxygen atoms in total. The fraction of sp³-hybridized carbons (Fsp3) is 0.105. The summed E-state index contributed by atoms with van der Waals surface area (Å²) in [4.78, 5) is 28.9. The molecule has 1 aromatic heterocycles. The molecule has 0 fully saturated rings. The number of amides is 3. The number of hydrogen-bond donors (Lipinski definition) is 3. The maximum Gasteiger partial charge on any atom is 0.325 e. The van der Waals surface area contributed by atoms with Gasteiger partial charge in [0, 0.05) is 11.4 Å². The van der Waals surface area contributed by atoms with Gasteiger partial charge in [-0.1, -0.05) is 17.4 Å². The third kappa shape index (κ3) is 4.68. The molecule has 2 aromatic carbocycles. The van der Waals surface area contributed by atoms with E-state index in [4.69, 9.17) is 0 Å². The van der Waals surface area contributed by atoms with Crippen LogP contribution in [0.4, 0.5) is 30.1 Å². The van der Waals surface area contributed by atoms with Crippen LogP contribution in [-0.4, -0.2) is 16.9 Å². The van der Waals surface area contributed by atoms with Crippen LogP contribution in [0.15, 0.2) is 42.5 Å². The van der Waals surface area contributed by atoms with E-state index >= 15 is 0 Å². The summed E-state index contributed by atoms with van der Waals surface area (Å²) in [6.45, 7) is 3.26. The van der Waals surface area contributed by atoms with Gasteiger partial charge in [-0.2, -0.15) is 0 Å². The zero-order valence-corrected chi connectivity index (χ0v) is 15.8. The first kappa shape index (κ1) is 19.4. The standard InChI is InChI=1S/C19H16F2N4O2S/c1-10-3-6-14(9-15(10)21)23-17(26)16-11(2)22-19(28-16)25-18(27)24-13-7-4-12(20)5-8-13/h3-9H,1-2H3,(H,23,26)(H2,22,24,25,27). The largest absolute Gasteiger partial charge is 0.325 e. The van der Waals surface area contributed by atoms with Gasteiger partial charge in [-0.25, -0.2) is 18.6 Å². The van der Waals surface area contributed by atoms with Crippen molar-refractivity contribution in [1.29, 1.82) is 0 Å². The lowest BCUT2D eigenvalue weighted by molar-refractivity contribution is 0.102. The third-order valence-electron chi connectivity index (χ3n) is 3.76. The lowest BCUT2D eigenvalue weighted by atomic mass is 10.2. The first-order chi connectivity index (χ1) is 13.3. The van der Waals surface area contributed by atoms with Crippen LogP contribution < -0.4 is 16.0 Å². The van der Waals surface area contributed by atoms with Gasteiger partial charge < -0.3 is 10.6 Å². The molecule has 0 aliphatic heterocycles. The molecule has 144 valence electrons. The second-order valence-corrected chi connectivity index (χ2v) is 6.94. The number of anilines is 3. The van der Waals surface area contributed by atoms with Gasteiger partial charge in [0.15, 0.2) is 5.13 Å². The van der Waals surface area contributed by atoms with E-state index in [0.29, 0.717) is 22.6 Å². The Labute approximate surface area is 163 Å². The summed E-state index contributed by atoms with van der Waals surface area (Å²) < 4.78 is 26.5. The molecular weight excluding hydrogens is 386 g/mol. The Bertz CT molecular complexity index is 1030. The van der Waals surface area contributed by atoms with Gasteiger partial charge in [0.2, 0.25) is 0 Å². The minimum atomic E-state index is -0.576. The van der Waals surface area contributed by atoms with Crippen molar-refractivity contribution in [2.24, 2.45) is 0 Å². The van der Waals surface area contributed by atoms with Crippen LogP contribution in [-0.2, 0) is 0 Å². The summed E-state index contributed by atoms with van der Waals surface area (Å²) in [5.74, 6) is -1.28. The highest BCUT2D eigenvalue weighted by molar-refractivity contribution is 7.17. The van der Waals surface area contributed by atoms with Crippen molar-refractivity contribution in [3.05, 3.63) is 70.2 Å². The summed E-state index contributed by atoms with van der Waals surface area (Å²) in [5.41, 5.74) is 1.63. The van der Waals surface area contributed by atoms with Crippen molar-refractivity contribution in [1.82, 2.24) is 4.98 Å². The van der Waals surface area contributed by atoms with Gasteiger partial charge in [-0.15, -0.1) is 0 Å². The van der Waals surface area contributed by atoms with Crippen LogP contribution in [0.25, 0.3) is 0 Å². The second-order valence-electron chi connectivity index (χ2n) is 5.94. The Morgan fingerprint density at radius 3 is 2.29 bits per heavy atom. The van der Waals surface area contributed by atoms with Crippen molar-refractivity contribution in [2.75, 3.05) is 16.0 Å². The van der Waals surface area contributed by atoms with Crippen molar-refractivity contribution < 1.29 is 18.4 Å². The van der Waals surface area contributed by atoms with E-state index in [1.54, 1.807) is 26.0 Å².